The molecule has 1 aliphatic rings. The molecule has 96 valence electrons. The fourth-order valence-corrected chi connectivity index (χ4v) is 2.71. The lowest BCUT2D eigenvalue weighted by Crippen LogP contribution is -2.03. The Kier molecular flexibility index (Phi) is 3.43. The first-order valence-corrected chi connectivity index (χ1v) is 6.45. The van der Waals surface area contributed by atoms with Crippen LogP contribution in [0.1, 0.15) is 19.4 Å². The Morgan fingerprint density at radius 3 is 2.33 bits per heavy atom. The van der Waals surface area contributed by atoms with E-state index >= 15 is 0 Å². The molecule has 0 aliphatic heterocycles. The maximum absolute atomic E-state index is 11.1. The molecule has 0 unspecified atom stereocenters. The number of rotatable bonds is 3. The Balaban J connectivity index is 2.20. The number of allylic oxidation sites excluding steroid dienone is 1. The third-order valence-electron chi connectivity index (χ3n) is 3.62. The minimum atomic E-state index is -0.762. The number of carboxylic acids is 1. The summed E-state index contributed by atoms with van der Waals surface area (Å²) in [6.45, 7) is 3.89. The van der Waals surface area contributed by atoms with Crippen molar-refractivity contribution in [3.8, 4) is 0 Å². The molecular weight excluding hydrogens is 271 g/mol. The summed E-state index contributed by atoms with van der Waals surface area (Å²) in [6, 6.07) is 7.18. The van der Waals surface area contributed by atoms with Gasteiger partial charge in [0.15, 0.2) is 0 Å². The fraction of sp³-hybridized carbons (Fsp3) is 0.357. The molecule has 0 saturated heterocycles. The molecule has 2 nitrogen and oxygen atoms in total. The van der Waals surface area contributed by atoms with Gasteiger partial charge in [-0.3, -0.25) is 4.79 Å². The molecule has 0 spiro atoms. The Morgan fingerprint density at radius 2 is 1.89 bits per heavy atom. The van der Waals surface area contributed by atoms with Crippen molar-refractivity contribution in [3.05, 3.63) is 40.9 Å². The van der Waals surface area contributed by atoms with Crippen molar-refractivity contribution in [3.63, 3.8) is 0 Å². The van der Waals surface area contributed by atoms with Gasteiger partial charge in [0.05, 0.1) is 5.92 Å². The van der Waals surface area contributed by atoms with E-state index in [-0.39, 0.29) is 17.3 Å². The number of hydrogen-bond acceptors (Lipinski definition) is 1. The second kappa shape index (κ2) is 4.60. The molecule has 0 amide bonds. The van der Waals surface area contributed by atoms with Gasteiger partial charge in [0.25, 0.3) is 0 Å². The molecule has 1 aliphatic carbocycles. The van der Waals surface area contributed by atoms with Gasteiger partial charge in [-0.25, -0.2) is 0 Å². The molecule has 0 bridgehead atoms. The van der Waals surface area contributed by atoms with Gasteiger partial charge in [0.2, 0.25) is 0 Å². The van der Waals surface area contributed by atoms with E-state index in [1.54, 1.807) is 12.1 Å². The molecule has 1 aromatic carbocycles. The summed E-state index contributed by atoms with van der Waals surface area (Å²) in [7, 11) is 0. The van der Waals surface area contributed by atoms with Crippen LogP contribution in [0, 0.1) is 17.3 Å². The van der Waals surface area contributed by atoms with Crippen LogP contribution in [-0.2, 0) is 4.79 Å². The second-order valence-corrected chi connectivity index (χ2v) is 6.03. The van der Waals surface area contributed by atoms with E-state index in [1.165, 1.54) is 0 Å². The summed E-state index contributed by atoms with van der Waals surface area (Å²) in [6.07, 6.45) is 1.84. The summed E-state index contributed by atoms with van der Waals surface area (Å²) in [5.41, 5.74) is 0.631. The van der Waals surface area contributed by atoms with Crippen LogP contribution in [0.3, 0.4) is 0 Å². The largest absolute Gasteiger partial charge is 0.481 e. The van der Waals surface area contributed by atoms with E-state index in [4.69, 9.17) is 28.3 Å². The van der Waals surface area contributed by atoms with E-state index < -0.39 is 5.97 Å². The van der Waals surface area contributed by atoms with Gasteiger partial charge in [-0.05, 0) is 29.0 Å². The molecule has 0 heterocycles. The summed E-state index contributed by atoms with van der Waals surface area (Å²) in [4.78, 5) is 11.1. The van der Waals surface area contributed by atoms with Gasteiger partial charge in [0, 0.05) is 10.1 Å². The quantitative estimate of drug-likeness (QED) is 0.900. The van der Waals surface area contributed by atoms with Crippen LogP contribution in [0.5, 0.6) is 0 Å². The lowest BCUT2D eigenvalue weighted by molar-refractivity contribution is -0.139. The number of aliphatic carboxylic acids is 1. The number of benzene rings is 1. The Labute approximate surface area is 116 Å². The number of hydrogen-bond donors (Lipinski definition) is 1. The van der Waals surface area contributed by atoms with E-state index in [1.807, 2.05) is 32.1 Å². The van der Waals surface area contributed by atoms with Gasteiger partial charge in [-0.2, -0.15) is 0 Å². The molecule has 4 heteroatoms. The maximum Gasteiger partial charge on any atom is 0.307 e. The fourth-order valence-electron chi connectivity index (χ4n) is 2.32. The average molecular weight is 285 g/mol. The van der Waals surface area contributed by atoms with Crippen molar-refractivity contribution in [2.45, 2.75) is 13.8 Å². The first-order chi connectivity index (χ1) is 8.34. The summed E-state index contributed by atoms with van der Waals surface area (Å²) < 4.78 is 0. The second-order valence-electron chi connectivity index (χ2n) is 5.18. The molecule has 1 saturated carbocycles. The lowest BCUT2D eigenvalue weighted by atomic mass is 10.1. The third kappa shape index (κ3) is 2.40. The SMILES string of the molecule is CC1(C)[C@H](C(=O)O)[C@@H]1C=C(Cl)c1ccc(Cl)cc1. The van der Waals surface area contributed by atoms with Crippen molar-refractivity contribution in [1.82, 2.24) is 0 Å². The minimum Gasteiger partial charge on any atom is -0.481 e. The first-order valence-electron chi connectivity index (χ1n) is 5.70. The lowest BCUT2D eigenvalue weighted by Gasteiger charge is -2.01. The van der Waals surface area contributed by atoms with E-state index in [9.17, 15) is 4.79 Å². The molecule has 0 radical (unpaired) electrons. The molecule has 18 heavy (non-hydrogen) atoms. The van der Waals surface area contributed by atoms with Crippen molar-refractivity contribution in [1.29, 1.82) is 0 Å². The molecule has 1 fully saturated rings. The molecule has 1 N–H and O–H groups in total. The third-order valence-corrected chi connectivity index (χ3v) is 4.22. The maximum atomic E-state index is 11.1. The molecule has 2 rings (SSSR count). The highest BCUT2D eigenvalue weighted by Crippen LogP contribution is 2.59. The average Bonchev–Trinajstić information content (AvgIpc) is 2.81. The standard InChI is InChI=1S/C14H14Cl2O2/c1-14(2)10(12(14)13(17)18)7-11(16)8-3-5-9(15)6-4-8/h3-7,10,12H,1-2H3,(H,17,18)/t10-,12-/m0/s1. The van der Waals surface area contributed by atoms with Crippen molar-refractivity contribution in [2.75, 3.05) is 0 Å². The zero-order chi connectivity index (χ0) is 13.5. The van der Waals surface area contributed by atoms with Crippen LogP contribution >= 0.6 is 23.2 Å². The van der Waals surface area contributed by atoms with Gasteiger partial charge in [-0.15, -0.1) is 0 Å². The van der Waals surface area contributed by atoms with Crippen LogP contribution < -0.4 is 0 Å². The van der Waals surface area contributed by atoms with Gasteiger partial charge < -0.3 is 5.11 Å². The highest BCUT2D eigenvalue weighted by Gasteiger charge is 2.60. The van der Waals surface area contributed by atoms with Crippen molar-refractivity contribution < 1.29 is 9.90 Å². The predicted molar refractivity (Wildman–Crippen MR) is 73.7 cm³/mol. The van der Waals surface area contributed by atoms with E-state index in [2.05, 4.69) is 0 Å². The van der Waals surface area contributed by atoms with Crippen LogP contribution in [0.4, 0.5) is 0 Å². The predicted octanol–water partition coefficient (Wildman–Crippen LogP) is 4.28. The van der Waals surface area contributed by atoms with Crippen LogP contribution in [0.15, 0.2) is 30.3 Å². The van der Waals surface area contributed by atoms with Crippen molar-refractivity contribution in [2.24, 2.45) is 17.3 Å². The number of carboxylic acid groups (broad SMARTS) is 1. The van der Waals surface area contributed by atoms with Crippen LogP contribution in [0.2, 0.25) is 5.02 Å². The monoisotopic (exact) mass is 284 g/mol. The van der Waals surface area contributed by atoms with Gasteiger partial charge in [0.1, 0.15) is 0 Å². The molecule has 2 atom stereocenters. The normalized spacial score (nSPS) is 25.9. The summed E-state index contributed by atoms with van der Waals surface area (Å²) >= 11 is 12.0. The first kappa shape index (κ1) is 13.4. The minimum absolute atomic E-state index is 0.0156. The Hall–Kier alpha value is -0.990. The van der Waals surface area contributed by atoms with Crippen LogP contribution in [0.25, 0.3) is 5.03 Å². The number of halogens is 2. The molecule has 0 aromatic heterocycles. The smallest absolute Gasteiger partial charge is 0.307 e. The Bertz CT molecular complexity index is 503. The van der Waals surface area contributed by atoms with E-state index in [0.717, 1.165) is 5.56 Å². The zero-order valence-corrected chi connectivity index (χ0v) is 11.7. The summed E-state index contributed by atoms with van der Waals surface area (Å²) in [5, 5.41) is 10.3. The summed E-state index contributed by atoms with van der Waals surface area (Å²) in [5.74, 6) is -1.13. The van der Waals surface area contributed by atoms with Gasteiger partial charge in [-0.1, -0.05) is 55.3 Å². The number of carbonyl (C=O) groups is 1. The van der Waals surface area contributed by atoms with E-state index in [0.29, 0.717) is 10.1 Å². The van der Waals surface area contributed by atoms with Crippen molar-refractivity contribution >= 4 is 34.2 Å². The Morgan fingerprint density at radius 1 is 1.33 bits per heavy atom. The molecular formula is C14H14Cl2O2. The highest BCUT2D eigenvalue weighted by molar-refractivity contribution is 6.48. The van der Waals surface area contributed by atoms with Crippen LogP contribution in [-0.4, -0.2) is 11.1 Å². The highest BCUT2D eigenvalue weighted by atomic mass is 35.5. The topological polar surface area (TPSA) is 37.3 Å². The van der Waals surface area contributed by atoms with Gasteiger partial charge >= 0.3 is 5.97 Å². The zero-order valence-electron chi connectivity index (χ0n) is 10.2. The molecule has 1 aromatic rings.